The van der Waals surface area contributed by atoms with Crippen LogP contribution in [0.1, 0.15) is 39.5 Å². The van der Waals surface area contributed by atoms with Crippen LogP contribution in [-0.4, -0.2) is 41.6 Å². The Morgan fingerprint density at radius 3 is 2.71 bits per heavy atom. The number of hydrogen-bond donors (Lipinski definition) is 2. The summed E-state index contributed by atoms with van der Waals surface area (Å²) in [4.78, 5) is 24.7. The highest BCUT2D eigenvalue weighted by atomic mass is 16.4. The Morgan fingerprint density at radius 2 is 2.18 bits per heavy atom. The minimum absolute atomic E-state index is 0.175. The van der Waals surface area contributed by atoms with Crippen molar-refractivity contribution in [2.75, 3.05) is 13.6 Å². The van der Waals surface area contributed by atoms with Gasteiger partial charge in [0, 0.05) is 19.6 Å². The number of nitrogens with zero attached hydrogens (tertiary/aromatic N) is 1. The van der Waals surface area contributed by atoms with Gasteiger partial charge < -0.3 is 15.3 Å². The number of carbonyl (C=O) groups is 2. The molecule has 1 fully saturated rings. The molecule has 0 radical (unpaired) electrons. The second-order valence-electron chi connectivity index (χ2n) is 5.04. The third-order valence-corrected chi connectivity index (χ3v) is 3.65. The van der Waals surface area contributed by atoms with Crippen LogP contribution in [0.15, 0.2) is 0 Å². The molecule has 2 atom stereocenters. The van der Waals surface area contributed by atoms with Gasteiger partial charge in [-0.05, 0) is 26.2 Å². The van der Waals surface area contributed by atoms with E-state index < -0.39 is 11.4 Å². The molecule has 0 aromatic carbocycles. The predicted octanol–water partition coefficient (Wildman–Crippen LogP) is 1.68. The third-order valence-electron chi connectivity index (χ3n) is 3.65. The van der Waals surface area contributed by atoms with Crippen LogP contribution < -0.4 is 5.32 Å². The number of aliphatic carboxylic acids is 1. The van der Waals surface area contributed by atoms with E-state index in [2.05, 4.69) is 5.32 Å². The maximum absolute atomic E-state index is 11.8. The molecule has 2 N–H and O–H groups in total. The number of carbonyl (C=O) groups excluding carboxylic acids is 1. The van der Waals surface area contributed by atoms with Crippen molar-refractivity contribution in [1.82, 2.24) is 10.2 Å². The van der Waals surface area contributed by atoms with Crippen molar-refractivity contribution in [3.05, 3.63) is 0 Å². The van der Waals surface area contributed by atoms with Crippen molar-refractivity contribution in [2.45, 2.75) is 45.6 Å². The summed E-state index contributed by atoms with van der Waals surface area (Å²) in [5.74, 6) is -0.821. The number of urea groups is 1. The lowest BCUT2D eigenvalue weighted by molar-refractivity contribution is -0.148. The first-order valence-corrected chi connectivity index (χ1v) is 6.17. The fraction of sp³-hybridized carbons (Fsp3) is 0.833. The minimum Gasteiger partial charge on any atom is -0.481 e. The normalized spacial score (nSPS) is 27.8. The molecule has 98 valence electrons. The molecule has 5 heteroatoms. The number of carboxylic acids is 1. The highest BCUT2D eigenvalue weighted by Gasteiger charge is 2.46. The smallest absolute Gasteiger partial charge is 0.317 e. The van der Waals surface area contributed by atoms with Gasteiger partial charge in [0.1, 0.15) is 0 Å². The number of carboxylic acid groups (broad SMARTS) is 1. The molecule has 5 nitrogen and oxygen atoms in total. The van der Waals surface area contributed by atoms with Gasteiger partial charge in [-0.1, -0.05) is 13.3 Å². The lowest BCUT2D eigenvalue weighted by Gasteiger charge is -2.29. The van der Waals surface area contributed by atoms with Crippen LogP contribution in [0.25, 0.3) is 0 Å². The van der Waals surface area contributed by atoms with Gasteiger partial charge in [0.15, 0.2) is 0 Å². The molecule has 2 unspecified atom stereocenters. The maximum Gasteiger partial charge on any atom is 0.317 e. The van der Waals surface area contributed by atoms with Gasteiger partial charge in [-0.3, -0.25) is 4.79 Å². The topological polar surface area (TPSA) is 69.6 Å². The maximum atomic E-state index is 11.8. The quantitative estimate of drug-likeness (QED) is 0.788. The van der Waals surface area contributed by atoms with Crippen LogP contribution in [0.3, 0.4) is 0 Å². The number of hydrogen-bond acceptors (Lipinski definition) is 2. The van der Waals surface area contributed by atoms with E-state index in [1.807, 2.05) is 6.92 Å². The Kier molecular flexibility index (Phi) is 4.37. The Bertz CT molecular complexity index is 306. The van der Waals surface area contributed by atoms with E-state index in [4.69, 9.17) is 0 Å². The first-order chi connectivity index (χ1) is 7.91. The third kappa shape index (κ3) is 2.90. The molecule has 0 saturated heterocycles. The molecule has 0 heterocycles. The Morgan fingerprint density at radius 1 is 1.53 bits per heavy atom. The molecule has 1 aliphatic rings. The second kappa shape index (κ2) is 5.38. The fourth-order valence-corrected chi connectivity index (χ4v) is 2.35. The van der Waals surface area contributed by atoms with Gasteiger partial charge in [0.05, 0.1) is 5.41 Å². The predicted molar refractivity (Wildman–Crippen MR) is 64.8 cm³/mol. The van der Waals surface area contributed by atoms with Crippen LogP contribution in [0, 0.1) is 5.41 Å². The van der Waals surface area contributed by atoms with Crippen molar-refractivity contribution < 1.29 is 14.7 Å². The van der Waals surface area contributed by atoms with Gasteiger partial charge in [0.25, 0.3) is 0 Å². The van der Waals surface area contributed by atoms with Crippen LogP contribution in [0.5, 0.6) is 0 Å². The van der Waals surface area contributed by atoms with E-state index in [9.17, 15) is 14.7 Å². The van der Waals surface area contributed by atoms with Gasteiger partial charge >= 0.3 is 12.0 Å². The van der Waals surface area contributed by atoms with Crippen molar-refractivity contribution in [1.29, 1.82) is 0 Å². The van der Waals surface area contributed by atoms with E-state index in [-0.39, 0.29) is 12.1 Å². The van der Waals surface area contributed by atoms with E-state index in [0.717, 1.165) is 19.3 Å². The first kappa shape index (κ1) is 13.8. The largest absolute Gasteiger partial charge is 0.481 e. The fourth-order valence-electron chi connectivity index (χ4n) is 2.35. The Labute approximate surface area is 102 Å². The molecule has 0 aromatic rings. The van der Waals surface area contributed by atoms with Gasteiger partial charge in [0.2, 0.25) is 0 Å². The van der Waals surface area contributed by atoms with Crippen LogP contribution in [0.4, 0.5) is 4.79 Å². The molecule has 17 heavy (non-hydrogen) atoms. The summed E-state index contributed by atoms with van der Waals surface area (Å²) in [6, 6.07) is -0.432. The molecular formula is C12H22N2O3. The summed E-state index contributed by atoms with van der Waals surface area (Å²) in [7, 11) is 1.73. The zero-order valence-electron chi connectivity index (χ0n) is 10.8. The highest BCUT2D eigenvalue weighted by molar-refractivity contribution is 5.79. The van der Waals surface area contributed by atoms with Gasteiger partial charge in [-0.25, -0.2) is 4.79 Å². The lowest BCUT2D eigenvalue weighted by Crippen LogP contribution is -2.50. The van der Waals surface area contributed by atoms with Crippen molar-refractivity contribution in [2.24, 2.45) is 5.41 Å². The lowest BCUT2D eigenvalue weighted by atomic mass is 9.85. The summed E-state index contributed by atoms with van der Waals surface area (Å²) < 4.78 is 0. The summed E-state index contributed by atoms with van der Waals surface area (Å²) in [6.07, 6.45) is 3.12. The molecule has 1 rings (SSSR count). The molecular weight excluding hydrogens is 220 g/mol. The van der Waals surface area contributed by atoms with Crippen LogP contribution >= 0.6 is 0 Å². The van der Waals surface area contributed by atoms with E-state index in [0.29, 0.717) is 13.0 Å². The summed E-state index contributed by atoms with van der Waals surface area (Å²) >= 11 is 0. The molecule has 0 aromatic heterocycles. The molecule has 0 spiro atoms. The summed E-state index contributed by atoms with van der Waals surface area (Å²) in [5.41, 5.74) is -0.817. The van der Waals surface area contributed by atoms with Crippen LogP contribution in [0.2, 0.25) is 0 Å². The minimum atomic E-state index is -0.821. The Hall–Kier alpha value is -1.26. The number of rotatable bonds is 4. The Balaban J connectivity index is 2.62. The van der Waals surface area contributed by atoms with Gasteiger partial charge in [-0.2, -0.15) is 0 Å². The van der Waals surface area contributed by atoms with E-state index in [1.54, 1.807) is 18.9 Å². The number of nitrogens with one attached hydrogen (secondary N) is 1. The zero-order valence-corrected chi connectivity index (χ0v) is 10.8. The molecule has 1 aliphatic carbocycles. The summed E-state index contributed by atoms with van der Waals surface area (Å²) in [6.45, 7) is 4.40. The molecule has 1 saturated carbocycles. The molecule has 0 aliphatic heterocycles. The highest BCUT2D eigenvalue weighted by Crippen LogP contribution is 2.38. The number of amides is 2. The second-order valence-corrected chi connectivity index (χ2v) is 5.04. The summed E-state index contributed by atoms with van der Waals surface area (Å²) in [5, 5.41) is 12.1. The zero-order chi connectivity index (χ0) is 13.1. The van der Waals surface area contributed by atoms with E-state index in [1.165, 1.54) is 0 Å². The molecule has 2 amide bonds. The molecule has 0 bridgehead atoms. The van der Waals surface area contributed by atoms with Gasteiger partial charge in [-0.15, -0.1) is 0 Å². The van der Waals surface area contributed by atoms with E-state index >= 15 is 0 Å². The van der Waals surface area contributed by atoms with Crippen molar-refractivity contribution in [3.8, 4) is 0 Å². The average Bonchev–Trinajstić information content (AvgIpc) is 2.62. The van der Waals surface area contributed by atoms with Crippen LogP contribution in [-0.2, 0) is 4.79 Å². The first-order valence-electron chi connectivity index (χ1n) is 6.17. The van der Waals surface area contributed by atoms with Crippen molar-refractivity contribution >= 4 is 12.0 Å². The monoisotopic (exact) mass is 242 g/mol. The standard InChI is InChI=1S/C12H22N2O3/c1-4-8-14(3)11(17)13-9-6-5-7-12(9,2)10(15)16/h9H,4-8H2,1-3H3,(H,13,17)(H,15,16). The SMILES string of the molecule is CCCN(C)C(=O)NC1CCCC1(C)C(=O)O. The van der Waals surface area contributed by atoms with Crippen molar-refractivity contribution in [3.63, 3.8) is 0 Å². The average molecular weight is 242 g/mol.